The summed E-state index contributed by atoms with van der Waals surface area (Å²) in [5.74, 6) is 1.66. The molecule has 1 saturated heterocycles. The first-order valence-electron chi connectivity index (χ1n) is 6.16. The molecule has 1 aliphatic heterocycles. The van der Waals surface area contributed by atoms with Crippen molar-refractivity contribution in [3.05, 3.63) is 11.8 Å². The lowest BCUT2D eigenvalue weighted by Gasteiger charge is -2.46. The molecule has 0 N–H and O–H groups in total. The molecule has 0 radical (unpaired) electrons. The van der Waals surface area contributed by atoms with Crippen LogP contribution in [0.4, 0.5) is 0 Å². The van der Waals surface area contributed by atoms with Crippen molar-refractivity contribution in [3.8, 4) is 0 Å². The second-order valence-electron chi connectivity index (χ2n) is 5.10. The quantitative estimate of drug-likeness (QED) is 0.616. The Hall–Kier alpha value is -0.500. The van der Waals surface area contributed by atoms with E-state index in [4.69, 9.17) is 4.74 Å². The van der Waals surface area contributed by atoms with Crippen LogP contribution in [0.5, 0.6) is 0 Å². The molecule has 1 aliphatic carbocycles. The SMILES string of the molecule is CO/C=C1\CCC[C@H]2[C@H]1CCN(C)[C@H]2C. The largest absolute Gasteiger partial charge is 0.504 e. The summed E-state index contributed by atoms with van der Waals surface area (Å²) in [4.78, 5) is 2.51. The van der Waals surface area contributed by atoms with Crippen LogP contribution in [0.15, 0.2) is 11.8 Å². The van der Waals surface area contributed by atoms with Crippen LogP contribution in [0.25, 0.3) is 0 Å². The average Bonchev–Trinajstić information content (AvgIpc) is 2.25. The van der Waals surface area contributed by atoms with Crippen LogP contribution in [0, 0.1) is 11.8 Å². The summed E-state index contributed by atoms with van der Waals surface area (Å²) < 4.78 is 5.22. The van der Waals surface area contributed by atoms with E-state index < -0.39 is 0 Å². The predicted molar refractivity (Wildman–Crippen MR) is 62.6 cm³/mol. The molecule has 0 aromatic carbocycles. The van der Waals surface area contributed by atoms with Crippen molar-refractivity contribution in [3.63, 3.8) is 0 Å². The molecule has 0 unspecified atom stereocenters. The number of hydrogen-bond acceptors (Lipinski definition) is 2. The number of ether oxygens (including phenoxy) is 1. The highest BCUT2D eigenvalue weighted by atomic mass is 16.5. The maximum absolute atomic E-state index is 5.22. The fraction of sp³-hybridized carbons (Fsp3) is 0.846. The summed E-state index contributed by atoms with van der Waals surface area (Å²) in [5, 5.41) is 0. The third kappa shape index (κ3) is 2.05. The van der Waals surface area contributed by atoms with Crippen LogP contribution in [-0.4, -0.2) is 31.6 Å². The van der Waals surface area contributed by atoms with Gasteiger partial charge in [-0.15, -0.1) is 0 Å². The molecule has 0 aromatic rings. The Balaban J connectivity index is 2.13. The number of hydrogen-bond donors (Lipinski definition) is 0. The number of piperidine rings is 1. The lowest BCUT2D eigenvalue weighted by atomic mass is 9.69. The second kappa shape index (κ2) is 4.56. The third-order valence-electron chi connectivity index (χ3n) is 4.37. The fourth-order valence-corrected chi connectivity index (χ4v) is 3.35. The van der Waals surface area contributed by atoms with Crippen molar-refractivity contribution in [2.45, 2.75) is 38.6 Å². The zero-order chi connectivity index (χ0) is 10.8. The molecular weight excluding hydrogens is 186 g/mol. The van der Waals surface area contributed by atoms with E-state index in [9.17, 15) is 0 Å². The summed E-state index contributed by atoms with van der Waals surface area (Å²) in [5.41, 5.74) is 1.56. The number of fused-ring (bicyclic) bond motifs is 1. The Labute approximate surface area is 93.3 Å². The van der Waals surface area contributed by atoms with Crippen molar-refractivity contribution >= 4 is 0 Å². The van der Waals surface area contributed by atoms with E-state index in [1.165, 1.54) is 32.2 Å². The molecule has 2 heteroatoms. The Morgan fingerprint density at radius 3 is 2.93 bits per heavy atom. The maximum Gasteiger partial charge on any atom is 0.0819 e. The van der Waals surface area contributed by atoms with E-state index in [-0.39, 0.29) is 0 Å². The molecule has 2 rings (SSSR count). The number of rotatable bonds is 1. The lowest BCUT2D eigenvalue weighted by molar-refractivity contribution is 0.0742. The van der Waals surface area contributed by atoms with E-state index in [0.717, 1.165) is 17.9 Å². The van der Waals surface area contributed by atoms with Crippen LogP contribution in [0.3, 0.4) is 0 Å². The molecule has 3 atom stereocenters. The molecule has 2 nitrogen and oxygen atoms in total. The highest BCUT2D eigenvalue weighted by Gasteiger charge is 2.37. The summed E-state index contributed by atoms with van der Waals surface area (Å²) in [6.07, 6.45) is 7.33. The average molecular weight is 209 g/mol. The van der Waals surface area contributed by atoms with Gasteiger partial charge in [-0.3, -0.25) is 0 Å². The Morgan fingerprint density at radius 2 is 2.20 bits per heavy atom. The predicted octanol–water partition coefficient (Wildman–Crippen LogP) is 2.66. The second-order valence-corrected chi connectivity index (χ2v) is 5.10. The van der Waals surface area contributed by atoms with Crippen LogP contribution in [-0.2, 0) is 4.74 Å². The molecule has 0 spiro atoms. The molecule has 0 aromatic heterocycles. The molecule has 0 amide bonds. The van der Waals surface area contributed by atoms with Gasteiger partial charge in [-0.05, 0) is 63.6 Å². The van der Waals surface area contributed by atoms with Gasteiger partial charge < -0.3 is 9.64 Å². The van der Waals surface area contributed by atoms with E-state index in [0.29, 0.717) is 0 Å². The topological polar surface area (TPSA) is 12.5 Å². The molecule has 15 heavy (non-hydrogen) atoms. The van der Waals surface area contributed by atoms with E-state index in [1.807, 2.05) is 6.26 Å². The monoisotopic (exact) mass is 209 g/mol. The standard InChI is InChI=1S/C13H23NO/c1-10-12-6-4-5-11(9-15-3)13(12)7-8-14(10)2/h9-10,12-13H,4-8H2,1-3H3/b11-9+/t10-,12+,13-/m0/s1. The van der Waals surface area contributed by atoms with Crippen LogP contribution in [0.1, 0.15) is 32.6 Å². The van der Waals surface area contributed by atoms with Gasteiger partial charge >= 0.3 is 0 Å². The van der Waals surface area contributed by atoms with Crippen molar-refractivity contribution in [1.29, 1.82) is 0 Å². The fourth-order valence-electron chi connectivity index (χ4n) is 3.35. The molecule has 86 valence electrons. The first-order valence-corrected chi connectivity index (χ1v) is 6.16. The normalized spacial score (nSPS) is 40.2. The van der Waals surface area contributed by atoms with Gasteiger partial charge in [0.1, 0.15) is 0 Å². The first kappa shape index (κ1) is 11.0. The zero-order valence-electron chi connectivity index (χ0n) is 10.2. The van der Waals surface area contributed by atoms with Crippen molar-refractivity contribution in [1.82, 2.24) is 4.90 Å². The van der Waals surface area contributed by atoms with Crippen LogP contribution < -0.4 is 0 Å². The van der Waals surface area contributed by atoms with Gasteiger partial charge in [0, 0.05) is 6.04 Å². The number of allylic oxidation sites excluding steroid dienone is 1. The van der Waals surface area contributed by atoms with E-state index >= 15 is 0 Å². The van der Waals surface area contributed by atoms with Gasteiger partial charge in [-0.25, -0.2) is 0 Å². The smallest absolute Gasteiger partial charge is 0.0819 e. The minimum Gasteiger partial charge on any atom is -0.504 e. The van der Waals surface area contributed by atoms with Gasteiger partial charge in [0.15, 0.2) is 0 Å². The number of likely N-dealkylation sites (tertiary alicyclic amines) is 1. The summed E-state index contributed by atoms with van der Waals surface area (Å²) >= 11 is 0. The van der Waals surface area contributed by atoms with Gasteiger partial charge in [-0.2, -0.15) is 0 Å². The molecule has 1 heterocycles. The number of methoxy groups -OCH3 is 1. The Bertz CT molecular complexity index is 249. The van der Waals surface area contributed by atoms with E-state index in [1.54, 1.807) is 12.7 Å². The lowest BCUT2D eigenvalue weighted by Crippen LogP contribution is -2.47. The highest BCUT2D eigenvalue weighted by Crippen LogP contribution is 2.42. The molecule has 2 fully saturated rings. The highest BCUT2D eigenvalue weighted by molar-refractivity contribution is 5.11. The summed E-state index contributed by atoms with van der Waals surface area (Å²) in [6, 6.07) is 0.740. The van der Waals surface area contributed by atoms with Crippen LogP contribution >= 0.6 is 0 Å². The first-order chi connectivity index (χ1) is 7.24. The van der Waals surface area contributed by atoms with Gasteiger partial charge in [0.2, 0.25) is 0 Å². The Morgan fingerprint density at radius 1 is 1.40 bits per heavy atom. The molecule has 1 saturated carbocycles. The van der Waals surface area contributed by atoms with Gasteiger partial charge in [0.05, 0.1) is 13.4 Å². The summed E-state index contributed by atoms with van der Waals surface area (Å²) in [6.45, 7) is 3.62. The van der Waals surface area contributed by atoms with E-state index in [2.05, 4.69) is 18.9 Å². The minimum absolute atomic E-state index is 0.740. The molecular formula is C13H23NO. The Kier molecular flexibility index (Phi) is 3.35. The maximum atomic E-state index is 5.22. The minimum atomic E-state index is 0.740. The van der Waals surface area contributed by atoms with Gasteiger partial charge in [0.25, 0.3) is 0 Å². The molecule has 0 bridgehead atoms. The zero-order valence-corrected chi connectivity index (χ0v) is 10.2. The number of nitrogens with zero attached hydrogens (tertiary/aromatic N) is 1. The van der Waals surface area contributed by atoms with Crippen molar-refractivity contribution in [2.24, 2.45) is 11.8 Å². The third-order valence-corrected chi connectivity index (χ3v) is 4.37. The van der Waals surface area contributed by atoms with Crippen LogP contribution in [0.2, 0.25) is 0 Å². The van der Waals surface area contributed by atoms with Crippen molar-refractivity contribution in [2.75, 3.05) is 20.7 Å². The summed E-state index contributed by atoms with van der Waals surface area (Å²) in [7, 11) is 4.03. The van der Waals surface area contributed by atoms with Crippen molar-refractivity contribution < 1.29 is 4.74 Å². The van der Waals surface area contributed by atoms with Gasteiger partial charge in [-0.1, -0.05) is 0 Å². The molecule has 2 aliphatic rings.